The van der Waals surface area contributed by atoms with Gasteiger partial charge < -0.3 is 10.2 Å². The summed E-state index contributed by atoms with van der Waals surface area (Å²) in [4.78, 5) is 29.5. The Balaban J connectivity index is 1.95. The fourth-order valence-corrected chi connectivity index (χ4v) is 2.66. The molecule has 1 saturated heterocycles. The zero-order chi connectivity index (χ0) is 13.1. The molecule has 0 spiro atoms. The van der Waals surface area contributed by atoms with Crippen molar-refractivity contribution in [2.75, 3.05) is 13.1 Å². The number of carbonyl (C=O) groups excluding carboxylic acids is 2. The van der Waals surface area contributed by atoms with E-state index in [9.17, 15) is 9.59 Å². The molecule has 0 aromatic carbocycles. The fraction of sp³-hybridized carbons (Fsp3) is 0.583. The van der Waals surface area contributed by atoms with E-state index in [1.54, 1.807) is 16.2 Å². The lowest BCUT2D eigenvalue weighted by Crippen LogP contribution is -2.58. The highest BCUT2D eigenvalue weighted by Crippen LogP contribution is 2.11. The first-order valence-electron chi connectivity index (χ1n) is 6.09. The number of aromatic nitrogens is 1. The van der Waals surface area contributed by atoms with Crippen molar-refractivity contribution >= 4 is 23.2 Å². The normalized spacial score (nSPS) is 20.1. The van der Waals surface area contributed by atoms with Gasteiger partial charge in [0.2, 0.25) is 11.8 Å². The summed E-state index contributed by atoms with van der Waals surface area (Å²) >= 11 is 1.60. The lowest BCUT2D eigenvalue weighted by Gasteiger charge is -2.31. The third-order valence-electron chi connectivity index (χ3n) is 2.99. The monoisotopic (exact) mass is 267 g/mol. The van der Waals surface area contributed by atoms with Crippen LogP contribution in [-0.4, -0.2) is 40.8 Å². The predicted molar refractivity (Wildman–Crippen MR) is 69.4 cm³/mol. The van der Waals surface area contributed by atoms with Crippen LogP contribution in [0.3, 0.4) is 0 Å². The summed E-state index contributed by atoms with van der Waals surface area (Å²) in [5.74, 6) is -0.0556. The molecule has 5 nitrogen and oxygen atoms in total. The molecule has 0 aliphatic carbocycles. The second kappa shape index (κ2) is 5.48. The van der Waals surface area contributed by atoms with E-state index >= 15 is 0 Å². The average Bonchev–Trinajstić information content (AvgIpc) is 2.75. The minimum Gasteiger partial charge on any atom is -0.343 e. The summed E-state index contributed by atoms with van der Waals surface area (Å²) in [6.45, 7) is 4.58. The zero-order valence-corrected chi connectivity index (χ0v) is 11.4. The van der Waals surface area contributed by atoms with E-state index in [0.717, 1.165) is 10.7 Å². The number of amides is 2. The van der Waals surface area contributed by atoms with Crippen LogP contribution in [0.15, 0.2) is 5.38 Å². The quantitative estimate of drug-likeness (QED) is 0.875. The van der Waals surface area contributed by atoms with E-state index in [-0.39, 0.29) is 24.4 Å². The van der Waals surface area contributed by atoms with E-state index < -0.39 is 0 Å². The van der Waals surface area contributed by atoms with Crippen LogP contribution in [0, 0.1) is 6.92 Å². The Kier molecular flexibility index (Phi) is 3.96. The second-order valence-electron chi connectivity index (χ2n) is 4.40. The second-order valence-corrected chi connectivity index (χ2v) is 5.46. The topological polar surface area (TPSA) is 62.3 Å². The first kappa shape index (κ1) is 13.0. The molecule has 0 radical (unpaired) electrons. The lowest BCUT2D eigenvalue weighted by atomic mass is 10.1. The maximum atomic E-state index is 12.0. The minimum atomic E-state index is -0.358. The van der Waals surface area contributed by atoms with Crippen LogP contribution in [0.4, 0.5) is 0 Å². The molecule has 1 atom stereocenters. The number of thiazole rings is 1. The van der Waals surface area contributed by atoms with Crippen molar-refractivity contribution in [2.24, 2.45) is 0 Å². The van der Waals surface area contributed by atoms with Gasteiger partial charge in [-0.25, -0.2) is 4.98 Å². The van der Waals surface area contributed by atoms with E-state index in [1.807, 2.05) is 19.2 Å². The van der Waals surface area contributed by atoms with E-state index in [1.165, 1.54) is 0 Å². The SMILES string of the molecule is CCC1NC(=O)CN(CCc2csc(C)n2)C1=O. The fourth-order valence-electron chi connectivity index (χ4n) is 2.01. The van der Waals surface area contributed by atoms with Gasteiger partial charge in [0.15, 0.2) is 0 Å². The number of aryl methyl sites for hydroxylation is 1. The summed E-state index contributed by atoms with van der Waals surface area (Å²) in [5.41, 5.74) is 0.990. The molecule has 1 aliphatic heterocycles. The van der Waals surface area contributed by atoms with Crippen molar-refractivity contribution in [1.29, 1.82) is 0 Å². The number of piperazine rings is 1. The number of hydrogen-bond acceptors (Lipinski definition) is 4. The summed E-state index contributed by atoms with van der Waals surface area (Å²) in [6, 6.07) is -0.358. The first-order valence-corrected chi connectivity index (χ1v) is 6.97. The number of rotatable bonds is 4. The van der Waals surface area contributed by atoms with Gasteiger partial charge in [-0.1, -0.05) is 6.92 Å². The standard InChI is InChI=1S/C12H17N3O2S/c1-3-10-12(17)15(6-11(16)14-10)5-4-9-7-18-8(2)13-9/h7,10H,3-6H2,1-2H3,(H,14,16). The average molecular weight is 267 g/mol. The van der Waals surface area contributed by atoms with E-state index in [4.69, 9.17) is 0 Å². The molecule has 6 heteroatoms. The van der Waals surface area contributed by atoms with Crippen LogP contribution >= 0.6 is 11.3 Å². The molecule has 98 valence electrons. The maximum absolute atomic E-state index is 12.0. The molecule has 2 rings (SSSR count). The van der Waals surface area contributed by atoms with Gasteiger partial charge in [-0.3, -0.25) is 9.59 Å². The Hall–Kier alpha value is -1.43. The molecule has 1 aromatic heterocycles. The van der Waals surface area contributed by atoms with Crippen LogP contribution in [0.2, 0.25) is 0 Å². The zero-order valence-electron chi connectivity index (χ0n) is 10.6. The predicted octanol–water partition coefficient (Wildman–Crippen LogP) is 0.731. The van der Waals surface area contributed by atoms with Gasteiger partial charge in [-0.15, -0.1) is 11.3 Å². The molecule has 1 aliphatic rings. The molecule has 2 amide bonds. The van der Waals surface area contributed by atoms with E-state index in [0.29, 0.717) is 19.4 Å². The Bertz CT molecular complexity index is 458. The van der Waals surface area contributed by atoms with Crippen molar-refractivity contribution in [1.82, 2.24) is 15.2 Å². The Morgan fingerprint density at radius 2 is 2.33 bits per heavy atom. The van der Waals surface area contributed by atoms with Crippen molar-refractivity contribution in [3.63, 3.8) is 0 Å². The van der Waals surface area contributed by atoms with E-state index in [2.05, 4.69) is 10.3 Å². The largest absolute Gasteiger partial charge is 0.343 e. The van der Waals surface area contributed by atoms with Gasteiger partial charge in [0, 0.05) is 18.3 Å². The Labute approximate surface area is 110 Å². The van der Waals surface area contributed by atoms with Crippen molar-refractivity contribution < 1.29 is 9.59 Å². The maximum Gasteiger partial charge on any atom is 0.245 e. The van der Waals surface area contributed by atoms with Crippen molar-refractivity contribution in [3.8, 4) is 0 Å². The smallest absolute Gasteiger partial charge is 0.245 e. The third-order valence-corrected chi connectivity index (χ3v) is 3.81. The third kappa shape index (κ3) is 2.87. The highest BCUT2D eigenvalue weighted by atomic mass is 32.1. The van der Waals surface area contributed by atoms with Gasteiger partial charge in [0.1, 0.15) is 6.04 Å². The number of carbonyl (C=O) groups is 2. The Morgan fingerprint density at radius 3 is 2.94 bits per heavy atom. The van der Waals surface area contributed by atoms with Crippen LogP contribution in [-0.2, 0) is 16.0 Å². The molecule has 18 heavy (non-hydrogen) atoms. The molecule has 0 bridgehead atoms. The highest BCUT2D eigenvalue weighted by molar-refractivity contribution is 7.09. The minimum absolute atomic E-state index is 0.0176. The summed E-state index contributed by atoms with van der Waals surface area (Å²) in [7, 11) is 0. The van der Waals surface area contributed by atoms with Crippen LogP contribution < -0.4 is 5.32 Å². The number of nitrogens with zero attached hydrogens (tertiary/aromatic N) is 2. The van der Waals surface area contributed by atoms with Gasteiger partial charge in [0.05, 0.1) is 17.2 Å². The highest BCUT2D eigenvalue weighted by Gasteiger charge is 2.30. The lowest BCUT2D eigenvalue weighted by molar-refractivity contribution is -0.144. The summed E-state index contributed by atoms with van der Waals surface area (Å²) in [6.07, 6.45) is 1.34. The summed E-state index contributed by atoms with van der Waals surface area (Å²) in [5, 5.41) is 5.73. The van der Waals surface area contributed by atoms with Gasteiger partial charge in [-0.2, -0.15) is 0 Å². The number of nitrogens with one attached hydrogen (secondary N) is 1. The molecule has 2 heterocycles. The van der Waals surface area contributed by atoms with Gasteiger partial charge in [0.25, 0.3) is 0 Å². The molecule has 1 aromatic rings. The van der Waals surface area contributed by atoms with Gasteiger partial charge >= 0.3 is 0 Å². The number of hydrogen-bond donors (Lipinski definition) is 1. The van der Waals surface area contributed by atoms with Crippen molar-refractivity contribution in [3.05, 3.63) is 16.1 Å². The molecular weight excluding hydrogens is 250 g/mol. The summed E-state index contributed by atoms with van der Waals surface area (Å²) < 4.78 is 0. The van der Waals surface area contributed by atoms with Crippen molar-refractivity contribution in [2.45, 2.75) is 32.7 Å². The first-order chi connectivity index (χ1) is 8.60. The molecule has 0 saturated carbocycles. The van der Waals surface area contributed by atoms with Crippen LogP contribution in [0.25, 0.3) is 0 Å². The van der Waals surface area contributed by atoms with Gasteiger partial charge in [-0.05, 0) is 13.3 Å². The molecule has 1 unspecified atom stereocenters. The van der Waals surface area contributed by atoms with Crippen LogP contribution in [0.5, 0.6) is 0 Å². The molecular formula is C12H17N3O2S. The Morgan fingerprint density at radius 1 is 1.56 bits per heavy atom. The molecule has 1 N–H and O–H groups in total. The van der Waals surface area contributed by atoms with Crippen LogP contribution in [0.1, 0.15) is 24.0 Å². The molecule has 1 fully saturated rings.